The predicted molar refractivity (Wildman–Crippen MR) is 67.8 cm³/mol. The lowest BCUT2D eigenvalue weighted by molar-refractivity contribution is 0.620. The highest BCUT2D eigenvalue weighted by Gasteiger charge is 2.14. The smallest absolute Gasteiger partial charge is 0.158 e. The Hall–Kier alpha value is -2.14. The number of imidazole rings is 1. The summed E-state index contributed by atoms with van der Waals surface area (Å²) in [5, 5.41) is 0.219. The second kappa shape index (κ2) is 3.96. The summed E-state index contributed by atoms with van der Waals surface area (Å²) in [7, 11) is 0. The molecule has 6 heteroatoms. The van der Waals surface area contributed by atoms with Crippen molar-refractivity contribution < 1.29 is 4.39 Å². The number of aromatic nitrogens is 3. The molecular formula is C12H8ClFN4. The molecule has 3 rings (SSSR count). The molecule has 3 aromatic rings. The Labute approximate surface area is 107 Å². The number of nitrogens with zero attached hydrogens (tertiary/aromatic N) is 3. The molecule has 0 aliphatic rings. The predicted octanol–water partition coefficient (Wildman–Crippen LogP) is 2.77. The zero-order valence-electron chi connectivity index (χ0n) is 9.14. The maximum atomic E-state index is 13.3. The fourth-order valence-corrected chi connectivity index (χ4v) is 2.04. The maximum Gasteiger partial charge on any atom is 0.158 e. The third-order valence-electron chi connectivity index (χ3n) is 2.61. The Morgan fingerprint density at radius 1 is 1.39 bits per heavy atom. The second-order valence-electron chi connectivity index (χ2n) is 3.79. The number of halogens is 2. The van der Waals surface area contributed by atoms with Crippen molar-refractivity contribution >= 4 is 23.1 Å². The van der Waals surface area contributed by atoms with Crippen LogP contribution in [-0.4, -0.2) is 14.4 Å². The van der Waals surface area contributed by atoms with Gasteiger partial charge in [-0.1, -0.05) is 11.6 Å². The molecule has 90 valence electrons. The first-order valence-corrected chi connectivity index (χ1v) is 5.57. The molecule has 0 fully saturated rings. The van der Waals surface area contributed by atoms with Crippen molar-refractivity contribution in [2.45, 2.75) is 0 Å². The van der Waals surface area contributed by atoms with E-state index in [0.717, 1.165) is 5.56 Å². The Bertz CT molecular complexity index is 724. The van der Waals surface area contributed by atoms with Crippen LogP contribution in [0, 0.1) is 5.82 Å². The third kappa shape index (κ3) is 1.60. The number of pyridine rings is 2. The molecule has 3 heterocycles. The maximum absolute atomic E-state index is 13.3. The van der Waals surface area contributed by atoms with Crippen LogP contribution in [-0.2, 0) is 0 Å². The van der Waals surface area contributed by atoms with E-state index in [1.165, 1.54) is 16.7 Å². The number of hydrogen-bond acceptors (Lipinski definition) is 3. The van der Waals surface area contributed by atoms with Crippen LogP contribution in [0.25, 0.3) is 16.9 Å². The first kappa shape index (κ1) is 11.0. The van der Waals surface area contributed by atoms with E-state index in [1.54, 1.807) is 18.5 Å². The summed E-state index contributed by atoms with van der Waals surface area (Å²) in [6, 6.07) is 4.81. The van der Waals surface area contributed by atoms with Crippen LogP contribution in [0.5, 0.6) is 0 Å². The highest BCUT2D eigenvalue weighted by molar-refractivity contribution is 6.33. The minimum atomic E-state index is -0.464. The van der Waals surface area contributed by atoms with Gasteiger partial charge in [-0.05, 0) is 18.2 Å². The lowest BCUT2D eigenvalue weighted by atomic mass is 10.2. The van der Waals surface area contributed by atoms with Crippen LogP contribution >= 0.6 is 11.6 Å². The molecule has 2 N–H and O–H groups in total. The van der Waals surface area contributed by atoms with Crippen LogP contribution < -0.4 is 5.73 Å². The van der Waals surface area contributed by atoms with E-state index in [4.69, 9.17) is 17.3 Å². The number of anilines is 1. The first-order chi connectivity index (χ1) is 8.66. The SMILES string of the molecule is Nc1c(-c2cccnc2)nc2c(Cl)cc(F)cn12. The van der Waals surface area contributed by atoms with Crippen LogP contribution in [0.2, 0.25) is 5.02 Å². The summed E-state index contributed by atoms with van der Waals surface area (Å²) in [4.78, 5) is 8.32. The molecule has 18 heavy (non-hydrogen) atoms. The van der Waals surface area contributed by atoms with Gasteiger partial charge in [-0.3, -0.25) is 9.38 Å². The fraction of sp³-hybridized carbons (Fsp3) is 0. The molecule has 0 radical (unpaired) electrons. The molecule has 0 aliphatic heterocycles. The van der Waals surface area contributed by atoms with E-state index in [-0.39, 0.29) is 5.02 Å². The highest BCUT2D eigenvalue weighted by Crippen LogP contribution is 2.29. The molecule has 4 nitrogen and oxygen atoms in total. The van der Waals surface area contributed by atoms with Crippen LogP contribution in [0.15, 0.2) is 36.8 Å². The van der Waals surface area contributed by atoms with Gasteiger partial charge in [0.05, 0.1) is 5.02 Å². The lowest BCUT2D eigenvalue weighted by Crippen LogP contribution is -1.95. The molecule has 0 saturated heterocycles. The average Bonchev–Trinajstić information content (AvgIpc) is 2.69. The summed E-state index contributed by atoms with van der Waals surface area (Å²) in [5.74, 6) is -0.131. The van der Waals surface area contributed by atoms with E-state index in [1.807, 2.05) is 6.07 Å². The molecule has 0 bridgehead atoms. The van der Waals surface area contributed by atoms with Gasteiger partial charge in [0.1, 0.15) is 17.3 Å². The van der Waals surface area contributed by atoms with E-state index in [2.05, 4.69) is 9.97 Å². The molecule has 0 aliphatic carbocycles. The Morgan fingerprint density at radius 2 is 2.22 bits per heavy atom. The molecule has 0 aromatic carbocycles. The largest absolute Gasteiger partial charge is 0.383 e. The second-order valence-corrected chi connectivity index (χ2v) is 4.19. The average molecular weight is 263 g/mol. The van der Waals surface area contributed by atoms with Gasteiger partial charge in [0.25, 0.3) is 0 Å². The van der Waals surface area contributed by atoms with Gasteiger partial charge in [-0.2, -0.15) is 0 Å². The van der Waals surface area contributed by atoms with E-state index < -0.39 is 5.82 Å². The molecule has 0 unspecified atom stereocenters. The molecule has 0 saturated carbocycles. The summed E-state index contributed by atoms with van der Waals surface area (Å²) in [5.41, 5.74) is 7.68. The molecule has 0 amide bonds. The fourth-order valence-electron chi connectivity index (χ4n) is 1.81. The molecule has 3 aromatic heterocycles. The zero-order valence-corrected chi connectivity index (χ0v) is 9.89. The minimum Gasteiger partial charge on any atom is -0.383 e. The summed E-state index contributed by atoms with van der Waals surface area (Å²) in [6.07, 6.45) is 4.55. The van der Waals surface area contributed by atoms with E-state index >= 15 is 0 Å². The van der Waals surface area contributed by atoms with Gasteiger partial charge in [-0.15, -0.1) is 0 Å². The first-order valence-electron chi connectivity index (χ1n) is 5.20. The van der Waals surface area contributed by atoms with Crippen LogP contribution in [0.3, 0.4) is 0 Å². The van der Waals surface area contributed by atoms with Crippen molar-refractivity contribution in [2.75, 3.05) is 5.73 Å². The zero-order chi connectivity index (χ0) is 12.7. The van der Waals surface area contributed by atoms with Gasteiger partial charge >= 0.3 is 0 Å². The normalized spacial score (nSPS) is 11.0. The summed E-state index contributed by atoms with van der Waals surface area (Å²) < 4.78 is 14.7. The van der Waals surface area contributed by atoms with Gasteiger partial charge in [0.2, 0.25) is 0 Å². The monoisotopic (exact) mass is 262 g/mol. The van der Waals surface area contributed by atoms with Crippen LogP contribution in [0.1, 0.15) is 0 Å². The third-order valence-corrected chi connectivity index (χ3v) is 2.89. The van der Waals surface area contributed by atoms with Gasteiger partial charge in [0, 0.05) is 24.2 Å². The Morgan fingerprint density at radius 3 is 2.94 bits per heavy atom. The van der Waals surface area contributed by atoms with Gasteiger partial charge in [-0.25, -0.2) is 9.37 Å². The molecule has 0 atom stereocenters. The minimum absolute atomic E-state index is 0.219. The highest BCUT2D eigenvalue weighted by atomic mass is 35.5. The van der Waals surface area contributed by atoms with E-state index in [0.29, 0.717) is 17.2 Å². The topological polar surface area (TPSA) is 56.2 Å². The van der Waals surface area contributed by atoms with Crippen molar-refractivity contribution in [1.29, 1.82) is 0 Å². The quantitative estimate of drug-likeness (QED) is 0.734. The van der Waals surface area contributed by atoms with E-state index in [9.17, 15) is 4.39 Å². The van der Waals surface area contributed by atoms with Crippen molar-refractivity contribution in [2.24, 2.45) is 0 Å². The lowest BCUT2D eigenvalue weighted by Gasteiger charge is -1.99. The Kier molecular flexibility index (Phi) is 2.41. The standard InChI is InChI=1S/C12H8ClFN4/c13-9-4-8(14)6-18-11(15)10(17-12(9)18)7-2-1-3-16-5-7/h1-6H,15H2. The molecule has 0 spiro atoms. The van der Waals surface area contributed by atoms with Crippen LogP contribution in [0.4, 0.5) is 10.2 Å². The van der Waals surface area contributed by atoms with Gasteiger partial charge < -0.3 is 5.73 Å². The van der Waals surface area contributed by atoms with Crippen molar-refractivity contribution in [1.82, 2.24) is 14.4 Å². The summed E-state index contributed by atoms with van der Waals surface area (Å²) >= 11 is 5.94. The number of nitrogen functional groups attached to an aromatic ring is 1. The number of fused-ring (bicyclic) bond motifs is 1. The number of nitrogens with two attached hydrogens (primary N) is 1. The van der Waals surface area contributed by atoms with Crippen molar-refractivity contribution in [3.63, 3.8) is 0 Å². The Balaban J connectivity index is 2.33. The number of rotatable bonds is 1. The van der Waals surface area contributed by atoms with Gasteiger partial charge in [0.15, 0.2) is 5.65 Å². The van der Waals surface area contributed by atoms with Crippen molar-refractivity contribution in [3.8, 4) is 11.3 Å². The summed E-state index contributed by atoms with van der Waals surface area (Å²) in [6.45, 7) is 0. The number of hydrogen-bond donors (Lipinski definition) is 1. The van der Waals surface area contributed by atoms with Crippen molar-refractivity contribution in [3.05, 3.63) is 47.6 Å². The molecular weight excluding hydrogens is 255 g/mol.